The number of hydrogen-bond donors (Lipinski definition) is 3. The van der Waals surface area contributed by atoms with Crippen LogP contribution in [0, 0.1) is 12.3 Å². The molecule has 0 aliphatic heterocycles. The zero-order valence-electron chi connectivity index (χ0n) is 10.7. The second kappa shape index (κ2) is 4.93. The van der Waals surface area contributed by atoms with Gasteiger partial charge < -0.3 is 10.7 Å². The van der Waals surface area contributed by atoms with Crippen LogP contribution in [0.1, 0.15) is 11.1 Å². The number of nitrogen functional groups attached to an aromatic ring is 1. The maximum Gasteiger partial charge on any atom is 0.172 e. The van der Waals surface area contributed by atoms with Gasteiger partial charge in [-0.25, -0.2) is 4.98 Å². The van der Waals surface area contributed by atoms with Crippen LogP contribution in [0.4, 0.5) is 0 Å². The molecule has 2 aromatic heterocycles. The van der Waals surface area contributed by atoms with Gasteiger partial charge in [-0.3, -0.25) is 5.41 Å². The van der Waals surface area contributed by atoms with E-state index in [4.69, 9.17) is 11.1 Å². The standard InChI is InChI=1S/C13H12N6S/c1-7-2-3-9-10(6-7)18-13(17-9)20-12-8(11(14)15)4-5-16-19-12/h2-6H,1H3,(H3,14,15)(H,17,18). The van der Waals surface area contributed by atoms with Crippen LogP contribution < -0.4 is 5.73 Å². The Morgan fingerprint density at radius 3 is 3.00 bits per heavy atom. The first kappa shape index (κ1) is 12.6. The molecule has 7 heteroatoms. The number of nitrogens with two attached hydrogens (primary N) is 1. The van der Waals surface area contributed by atoms with Crippen LogP contribution in [-0.2, 0) is 0 Å². The van der Waals surface area contributed by atoms with Gasteiger partial charge in [-0.2, -0.15) is 5.10 Å². The van der Waals surface area contributed by atoms with Crippen molar-refractivity contribution in [2.45, 2.75) is 17.1 Å². The van der Waals surface area contributed by atoms with Crippen LogP contribution in [-0.4, -0.2) is 26.0 Å². The fraction of sp³-hybridized carbons (Fsp3) is 0.0769. The number of amidine groups is 1. The average molecular weight is 284 g/mol. The first-order valence-electron chi connectivity index (χ1n) is 5.94. The van der Waals surface area contributed by atoms with Crippen LogP contribution in [0.15, 0.2) is 40.6 Å². The highest BCUT2D eigenvalue weighted by Crippen LogP contribution is 2.27. The van der Waals surface area contributed by atoms with E-state index < -0.39 is 0 Å². The summed E-state index contributed by atoms with van der Waals surface area (Å²) < 4.78 is 0. The topological polar surface area (TPSA) is 104 Å². The molecule has 20 heavy (non-hydrogen) atoms. The number of H-pyrrole nitrogens is 1. The molecule has 3 rings (SSSR count). The highest BCUT2D eigenvalue weighted by molar-refractivity contribution is 7.99. The van der Waals surface area contributed by atoms with Gasteiger partial charge in [0.2, 0.25) is 0 Å². The molecule has 0 spiro atoms. The van der Waals surface area contributed by atoms with Crippen LogP contribution in [0.5, 0.6) is 0 Å². The maximum atomic E-state index is 7.54. The highest BCUT2D eigenvalue weighted by Gasteiger charge is 2.11. The molecule has 0 radical (unpaired) electrons. The molecule has 3 aromatic rings. The zero-order chi connectivity index (χ0) is 14.1. The summed E-state index contributed by atoms with van der Waals surface area (Å²) in [4.78, 5) is 7.70. The number of fused-ring (bicyclic) bond motifs is 1. The van der Waals surface area contributed by atoms with Crippen LogP contribution in [0.3, 0.4) is 0 Å². The van der Waals surface area contributed by atoms with E-state index in [0.717, 1.165) is 11.0 Å². The highest BCUT2D eigenvalue weighted by atomic mass is 32.2. The van der Waals surface area contributed by atoms with E-state index in [9.17, 15) is 0 Å². The van der Waals surface area contributed by atoms with Crippen molar-refractivity contribution in [3.05, 3.63) is 41.6 Å². The molecule has 1 aromatic carbocycles. The van der Waals surface area contributed by atoms with E-state index in [-0.39, 0.29) is 5.84 Å². The number of hydrogen-bond acceptors (Lipinski definition) is 5. The Morgan fingerprint density at radius 1 is 1.35 bits per heavy atom. The van der Waals surface area contributed by atoms with Gasteiger partial charge in [-0.1, -0.05) is 6.07 Å². The molecule has 0 atom stereocenters. The molecule has 0 amide bonds. The number of nitrogens with one attached hydrogen (secondary N) is 2. The van der Waals surface area contributed by atoms with Gasteiger partial charge in [0.05, 0.1) is 22.8 Å². The number of rotatable bonds is 3. The van der Waals surface area contributed by atoms with E-state index in [1.165, 1.54) is 23.5 Å². The van der Waals surface area contributed by atoms with Crippen LogP contribution >= 0.6 is 11.8 Å². The van der Waals surface area contributed by atoms with E-state index in [1.807, 2.05) is 25.1 Å². The Hall–Kier alpha value is -2.41. The van der Waals surface area contributed by atoms with Gasteiger partial charge in [0.15, 0.2) is 5.16 Å². The van der Waals surface area contributed by atoms with Gasteiger partial charge >= 0.3 is 0 Å². The minimum Gasteiger partial charge on any atom is -0.384 e. The normalized spacial score (nSPS) is 10.8. The summed E-state index contributed by atoms with van der Waals surface area (Å²) in [6.07, 6.45) is 1.52. The quantitative estimate of drug-likeness (QED) is 0.504. The maximum absolute atomic E-state index is 7.54. The van der Waals surface area contributed by atoms with Gasteiger partial charge in [-0.15, -0.1) is 5.10 Å². The summed E-state index contributed by atoms with van der Waals surface area (Å²) in [6, 6.07) is 7.69. The largest absolute Gasteiger partial charge is 0.384 e. The van der Waals surface area contributed by atoms with Gasteiger partial charge in [0.1, 0.15) is 10.9 Å². The number of aromatic amines is 1. The van der Waals surface area contributed by atoms with Crippen molar-refractivity contribution in [2.75, 3.05) is 0 Å². The monoisotopic (exact) mass is 284 g/mol. The smallest absolute Gasteiger partial charge is 0.172 e. The van der Waals surface area contributed by atoms with Gasteiger partial charge in [0.25, 0.3) is 0 Å². The molecule has 0 aliphatic carbocycles. The first-order chi connectivity index (χ1) is 9.63. The average Bonchev–Trinajstić information content (AvgIpc) is 2.80. The molecule has 0 saturated heterocycles. The van der Waals surface area contributed by atoms with Crippen molar-refractivity contribution in [3.8, 4) is 0 Å². The zero-order valence-corrected chi connectivity index (χ0v) is 11.5. The van der Waals surface area contributed by atoms with E-state index in [1.54, 1.807) is 6.07 Å². The molecule has 100 valence electrons. The summed E-state index contributed by atoms with van der Waals surface area (Å²) in [7, 11) is 0. The van der Waals surface area contributed by atoms with Crippen molar-refractivity contribution in [2.24, 2.45) is 5.73 Å². The fourth-order valence-corrected chi connectivity index (χ4v) is 2.70. The van der Waals surface area contributed by atoms with Crippen molar-refractivity contribution in [1.29, 1.82) is 5.41 Å². The first-order valence-corrected chi connectivity index (χ1v) is 6.75. The minimum absolute atomic E-state index is 0.0330. The summed E-state index contributed by atoms with van der Waals surface area (Å²) in [5, 5.41) is 16.7. The summed E-state index contributed by atoms with van der Waals surface area (Å²) >= 11 is 1.31. The molecular weight excluding hydrogens is 272 g/mol. The lowest BCUT2D eigenvalue weighted by Crippen LogP contribution is -2.13. The van der Waals surface area contributed by atoms with Crippen LogP contribution in [0.2, 0.25) is 0 Å². The van der Waals surface area contributed by atoms with Crippen molar-refractivity contribution in [1.82, 2.24) is 20.2 Å². The Bertz CT molecular complexity index is 794. The lowest BCUT2D eigenvalue weighted by Gasteiger charge is -2.02. The Morgan fingerprint density at radius 2 is 2.20 bits per heavy atom. The SMILES string of the molecule is Cc1ccc2nc(Sc3nnccc3C(=N)N)[nH]c2c1. The molecule has 0 unspecified atom stereocenters. The van der Waals surface area contributed by atoms with Gasteiger partial charge in [0, 0.05) is 0 Å². The third-order valence-electron chi connectivity index (χ3n) is 2.79. The second-order valence-electron chi connectivity index (χ2n) is 4.33. The summed E-state index contributed by atoms with van der Waals surface area (Å²) in [5.74, 6) is -0.0330. The fourth-order valence-electron chi connectivity index (χ4n) is 1.84. The molecule has 6 nitrogen and oxygen atoms in total. The van der Waals surface area contributed by atoms with Gasteiger partial charge in [-0.05, 0) is 42.4 Å². The number of aromatic nitrogens is 4. The Balaban J connectivity index is 1.99. The molecule has 0 aliphatic rings. The Kier molecular flexibility index (Phi) is 3.11. The van der Waals surface area contributed by atoms with Crippen molar-refractivity contribution in [3.63, 3.8) is 0 Å². The third kappa shape index (κ3) is 2.35. The van der Waals surface area contributed by atoms with Crippen LogP contribution in [0.25, 0.3) is 11.0 Å². The van der Waals surface area contributed by atoms with Crippen molar-refractivity contribution < 1.29 is 0 Å². The molecule has 4 N–H and O–H groups in total. The lowest BCUT2D eigenvalue weighted by atomic mass is 10.2. The summed E-state index contributed by atoms with van der Waals surface area (Å²) in [5.41, 5.74) is 9.13. The molecular formula is C13H12N6S. The number of nitrogens with zero attached hydrogens (tertiary/aromatic N) is 3. The Labute approximate surface area is 119 Å². The van der Waals surface area contributed by atoms with E-state index >= 15 is 0 Å². The van der Waals surface area contributed by atoms with Crippen molar-refractivity contribution >= 4 is 28.6 Å². The minimum atomic E-state index is -0.0330. The van der Waals surface area contributed by atoms with E-state index in [2.05, 4.69) is 20.2 Å². The molecule has 0 fully saturated rings. The number of benzene rings is 1. The predicted octanol–water partition coefficient (Wildman–Crippen LogP) is 2.10. The predicted molar refractivity (Wildman–Crippen MR) is 78.0 cm³/mol. The molecule has 2 heterocycles. The molecule has 0 bridgehead atoms. The number of imidazole rings is 1. The second-order valence-corrected chi connectivity index (χ2v) is 5.31. The third-order valence-corrected chi connectivity index (χ3v) is 3.67. The number of aryl methyl sites for hydroxylation is 1. The summed E-state index contributed by atoms with van der Waals surface area (Å²) in [6.45, 7) is 2.03. The van der Waals surface area contributed by atoms with E-state index in [0.29, 0.717) is 15.7 Å². The molecule has 0 saturated carbocycles. The lowest BCUT2D eigenvalue weighted by molar-refractivity contribution is 0.915.